The molecule has 0 fully saturated rings. The van der Waals surface area contributed by atoms with Crippen molar-refractivity contribution >= 4 is 0 Å². The quantitative estimate of drug-likeness (QED) is 0.862. The molecule has 0 amide bonds. The average Bonchev–Trinajstić information content (AvgIpc) is 2.66. The summed E-state index contributed by atoms with van der Waals surface area (Å²) in [5.41, 5.74) is 10.1. The van der Waals surface area contributed by atoms with Gasteiger partial charge in [-0.3, -0.25) is 4.90 Å². The van der Waals surface area contributed by atoms with Gasteiger partial charge in [0.2, 0.25) is 0 Å². The topological polar surface area (TPSA) is 57.0 Å². The summed E-state index contributed by atoms with van der Waals surface area (Å²) in [6.07, 6.45) is 0.961. The van der Waals surface area contributed by atoms with Gasteiger partial charge in [-0.2, -0.15) is 0 Å². The van der Waals surface area contributed by atoms with E-state index in [0.717, 1.165) is 36.8 Å². The number of fused-ring (bicyclic) bond motifs is 1. The van der Waals surface area contributed by atoms with Gasteiger partial charge in [0.1, 0.15) is 5.75 Å². The summed E-state index contributed by atoms with van der Waals surface area (Å²) in [7, 11) is 5.04. The Bertz CT molecular complexity index is 761. The average molecular weight is 356 g/mol. The third-order valence-corrected chi connectivity index (χ3v) is 5.04. The fourth-order valence-electron chi connectivity index (χ4n) is 3.83. The van der Waals surface area contributed by atoms with Crippen molar-refractivity contribution in [3.05, 3.63) is 53.1 Å². The Labute approximate surface area is 155 Å². The first-order chi connectivity index (χ1) is 12.6. The lowest BCUT2D eigenvalue weighted by atomic mass is 9.88. The van der Waals surface area contributed by atoms with Gasteiger partial charge in [0.25, 0.3) is 0 Å². The first-order valence-electron chi connectivity index (χ1n) is 8.94. The Morgan fingerprint density at radius 2 is 1.81 bits per heavy atom. The van der Waals surface area contributed by atoms with E-state index in [-0.39, 0.29) is 12.1 Å². The summed E-state index contributed by atoms with van der Waals surface area (Å²) >= 11 is 0. The summed E-state index contributed by atoms with van der Waals surface area (Å²) in [6.45, 7) is 3.85. The molecular formula is C21H28N2O3. The van der Waals surface area contributed by atoms with E-state index in [4.69, 9.17) is 19.9 Å². The predicted octanol–water partition coefficient (Wildman–Crippen LogP) is 3.16. The minimum Gasteiger partial charge on any atom is -0.497 e. The minimum absolute atomic E-state index is 0.00208. The largest absolute Gasteiger partial charge is 0.497 e. The highest BCUT2D eigenvalue weighted by Crippen LogP contribution is 2.39. The zero-order valence-electron chi connectivity index (χ0n) is 16.0. The molecule has 0 aliphatic carbocycles. The van der Waals surface area contributed by atoms with Gasteiger partial charge in [0.15, 0.2) is 11.5 Å². The third-order valence-electron chi connectivity index (χ3n) is 5.04. The van der Waals surface area contributed by atoms with E-state index in [1.165, 1.54) is 16.7 Å². The molecule has 0 unspecified atom stereocenters. The van der Waals surface area contributed by atoms with Crippen LogP contribution >= 0.6 is 0 Å². The molecule has 2 aromatic carbocycles. The molecule has 0 saturated heterocycles. The molecule has 1 aliphatic heterocycles. The first kappa shape index (κ1) is 18.5. The maximum atomic E-state index is 6.41. The number of nitrogens with two attached hydrogens (primary N) is 1. The van der Waals surface area contributed by atoms with Crippen LogP contribution in [0.25, 0.3) is 0 Å². The Hall–Kier alpha value is -2.24. The molecular weight excluding hydrogens is 328 g/mol. The highest BCUT2D eigenvalue weighted by Gasteiger charge is 2.31. The second-order valence-electron chi connectivity index (χ2n) is 6.78. The van der Waals surface area contributed by atoms with Crippen LogP contribution in [0, 0.1) is 0 Å². The van der Waals surface area contributed by atoms with E-state index in [0.29, 0.717) is 0 Å². The molecule has 1 aliphatic rings. The van der Waals surface area contributed by atoms with Crippen LogP contribution in [-0.4, -0.2) is 38.8 Å². The minimum atomic E-state index is -0.00208. The van der Waals surface area contributed by atoms with Crippen LogP contribution in [0.5, 0.6) is 17.2 Å². The summed E-state index contributed by atoms with van der Waals surface area (Å²) in [4.78, 5) is 2.44. The van der Waals surface area contributed by atoms with Crippen molar-refractivity contribution in [3.8, 4) is 17.2 Å². The maximum absolute atomic E-state index is 6.41. The maximum Gasteiger partial charge on any atom is 0.161 e. The van der Waals surface area contributed by atoms with Crippen LogP contribution < -0.4 is 19.9 Å². The molecule has 0 saturated carbocycles. The number of methoxy groups -OCH3 is 3. The summed E-state index contributed by atoms with van der Waals surface area (Å²) in [5, 5.41) is 0. The second kappa shape index (κ2) is 7.98. The van der Waals surface area contributed by atoms with Crippen LogP contribution in [-0.2, 0) is 13.0 Å². The summed E-state index contributed by atoms with van der Waals surface area (Å²) < 4.78 is 16.3. The van der Waals surface area contributed by atoms with Crippen molar-refractivity contribution in [3.63, 3.8) is 0 Å². The van der Waals surface area contributed by atoms with Crippen LogP contribution in [0.4, 0.5) is 0 Å². The standard InChI is InChI=1S/C21H28N2O3/c1-14(22)21-18-12-20(26-4)19(25-3)11-16(18)8-9-23(21)13-15-6-5-7-17(10-15)24-2/h5-7,10-12,14,21H,8-9,13,22H2,1-4H3/t14-,21+/m1/s1. The molecule has 26 heavy (non-hydrogen) atoms. The SMILES string of the molecule is COc1cccc(CN2CCc3cc(OC)c(OC)cc3[C@@H]2[C@@H](C)N)c1. The van der Waals surface area contributed by atoms with Crippen molar-refractivity contribution in [1.82, 2.24) is 4.90 Å². The number of hydrogen-bond acceptors (Lipinski definition) is 5. The predicted molar refractivity (Wildman–Crippen MR) is 103 cm³/mol. The number of nitrogens with zero attached hydrogens (tertiary/aromatic N) is 1. The molecule has 1 heterocycles. The number of hydrogen-bond donors (Lipinski definition) is 1. The highest BCUT2D eigenvalue weighted by atomic mass is 16.5. The molecule has 2 atom stereocenters. The molecule has 0 radical (unpaired) electrons. The summed E-state index contributed by atoms with van der Waals surface area (Å²) in [6, 6.07) is 12.5. The van der Waals surface area contributed by atoms with Gasteiger partial charge in [-0.25, -0.2) is 0 Å². The molecule has 5 heteroatoms. The van der Waals surface area contributed by atoms with E-state index in [1.54, 1.807) is 21.3 Å². The van der Waals surface area contributed by atoms with Gasteiger partial charge in [-0.05, 0) is 54.3 Å². The van der Waals surface area contributed by atoms with Crippen molar-refractivity contribution < 1.29 is 14.2 Å². The molecule has 0 spiro atoms. The normalized spacial score (nSPS) is 18.1. The van der Waals surface area contributed by atoms with E-state index in [1.807, 2.05) is 12.1 Å². The highest BCUT2D eigenvalue weighted by molar-refractivity contribution is 5.50. The second-order valence-corrected chi connectivity index (χ2v) is 6.78. The smallest absolute Gasteiger partial charge is 0.161 e. The van der Waals surface area contributed by atoms with Gasteiger partial charge < -0.3 is 19.9 Å². The molecule has 2 N–H and O–H groups in total. The Kier molecular flexibility index (Phi) is 5.69. The molecule has 0 aromatic heterocycles. The Morgan fingerprint density at radius 1 is 1.08 bits per heavy atom. The van der Waals surface area contributed by atoms with E-state index in [2.05, 4.69) is 36.1 Å². The van der Waals surface area contributed by atoms with Crippen molar-refractivity contribution in [2.75, 3.05) is 27.9 Å². The van der Waals surface area contributed by atoms with E-state index >= 15 is 0 Å². The number of benzene rings is 2. The van der Waals surface area contributed by atoms with Gasteiger partial charge >= 0.3 is 0 Å². The molecule has 0 bridgehead atoms. The zero-order chi connectivity index (χ0) is 18.7. The van der Waals surface area contributed by atoms with E-state index in [9.17, 15) is 0 Å². The van der Waals surface area contributed by atoms with Crippen LogP contribution in [0.1, 0.15) is 29.7 Å². The fourth-order valence-corrected chi connectivity index (χ4v) is 3.83. The lowest BCUT2D eigenvalue weighted by Crippen LogP contribution is -2.43. The Balaban J connectivity index is 1.94. The lowest BCUT2D eigenvalue weighted by Gasteiger charge is -2.40. The first-order valence-corrected chi connectivity index (χ1v) is 8.94. The molecule has 5 nitrogen and oxygen atoms in total. The monoisotopic (exact) mass is 356 g/mol. The van der Waals surface area contributed by atoms with Gasteiger partial charge in [0.05, 0.1) is 27.4 Å². The fraction of sp³-hybridized carbons (Fsp3) is 0.429. The molecule has 3 rings (SSSR count). The number of rotatable bonds is 6. The molecule has 140 valence electrons. The summed E-state index contributed by atoms with van der Waals surface area (Å²) in [5.74, 6) is 2.40. The zero-order valence-corrected chi connectivity index (χ0v) is 16.0. The van der Waals surface area contributed by atoms with Crippen molar-refractivity contribution in [1.29, 1.82) is 0 Å². The van der Waals surface area contributed by atoms with Crippen LogP contribution in [0.3, 0.4) is 0 Å². The van der Waals surface area contributed by atoms with Crippen molar-refractivity contribution in [2.24, 2.45) is 5.73 Å². The van der Waals surface area contributed by atoms with Gasteiger partial charge in [-0.1, -0.05) is 12.1 Å². The third kappa shape index (κ3) is 3.64. The number of ether oxygens (including phenoxy) is 3. The van der Waals surface area contributed by atoms with Crippen LogP contribution in [0.2, 0.25) is 0 Å². The lowest BCUT2D eigenvalue weighted by molar-refractivity contribution is 0.155. The molecule has 2 aromatic rings. The Morgan fingerprint density at radius 3 is 2.46 bits per heavy atom. The van der Waals surface area contributed by atoms with Crippen LogP contribution in [0.15, 0.2) is 36.4 Å². The van der Waals surface area contributed by atoms with E-state index < -0.39 is 0 Å². The van der Waals surface area contributed by atoms with Gasteiger partial charge in [-0.15, -0.1) is 0 Å². The van der Waals surface area contributed by atoms with Crippen molar-refractivity contribution in [2.45, 2.75) is 32.0 Å². The van der Waals surface area contributed by atoms with Gasteiger partial charge in [0, 0.05) is 19.1 Å².